The van der Waals surface area contributed by atoms with Crippen LogP contribution in [0.3, 0.4) is 0 Å². The number of alkyl halides is 3. The van der Waals surface area contributed by atoms with Crippen molar-refractivity contribution in [3.05, 3.63) is 28.8 Å². The van der Waals surface area contributed by atoms with Crippen LogP contribution in [-0.4, -0.2) is 56.0 Å². The summed E-state index contributed by atoms with van der Waals surface area (Å²) in [7, 11) is 0. The topological polar surface area (TPSA) is 74.4 Å². The van der Waals surface area contributed by atoms with Crippen molar-refractivity contribution in [2.24, 2.45) is 11.8 Å². The van der Waals surface area contributed by atoms with Crippen LogP contribution in [0, 0.1) is 11.8 Å². The molecule has 1 aromatic carbocycles. The van der Waals surface area contributed by atoms with Crippen molar-refractivity contribution in [1.29, 1.82) is 0 Å². The molecular formula is C24H32ClF3N4O2. The van der Waals surface area contributed by atoms with Gasteiger partial charge in [-0.1, -0.05) is 17.7 Å². The van der Waals surface area contributed by atoms with Gasteiger partial charge in [0.05, 0.1) is 6.10 Å². The number of halogens is 4. The van der Waals surface area contributed by atoms with E-state index >= 15 is 0 Å². The van der Waals surface area contributed by atoms with E-state index < -0.39 is 12.2 Å². The molecule has 1 saturated heterocycles. The van der Waals surface area contributed by atoms with Gasteiger partial charge in [0.15, 0.2) is 0 Å². The summed E-state index contributed by atoms with van der Waals surface area (Å²) < 4.78 is 43.9. The van der Waals surface area contributed by atoms with Crippen LogP contribution >= 0.6 is 11.6 Å². The molecule has 0 bridgehead atoms. The number of nitrogens with one attached hydrogen (secondary N) is 4. The van der Waals surface area contributed by atoms with Crippen LogP contribution in [0.15, 0.2) is 18.2 Å². The number of fused-ring (bicyclic) bond motifs is 2. The monoisotopic (exact) mass is 500 g/mol. The van der Waals surface area contributed by atoms with Crippen LogP contribution in [0.2, 0.25) is 5.02 Å². The molecule has 10 heteroatoms. The summed E-state index contributed by atoms with van der Waals surface area (Å²) in [4.78, 5) is 12.6. The van der Waals surface area contributed by atoms with Crippen LogP contribution in [-0.2, 0) is 9.53 Å². The van der Waals surface area contributed by atoms with Crippen molar-refractivity contribution in [2.45, 2.75) is 75.0 Å². The molecule has 4 N–H and O–H groups in total. The first-order chi connectivity index (χ1) is 16.3. The van der Waals surface area contributed by atoms with Crippen LogP contribution in [0.1, 0.15) is 50.1 Å². The molecule has 0 spiro atoms. The second-order valence-corrected chi connectivity index (χ2v) is 10.5. The van der Waals surface area contributed by atoms with Gasteiger partial charge in [0, 0.05) is 41.9 Å². The van der Waals surface area contributed by atoms with Gasteiger partial charge in [0.1, 0.15) is 12.6 Å². The Balaban J connectivity index is 1.10. The Morgan fingerprint density at radius 1 is 1.12 bits per heavy atom. The predicted molar refractivity (Wildman–Crippen MR) is 124 cm³/mol. The number of hydrogen-bond donors (Lipinski definition) is 4. The van der Waals surface area contributed by atoms with Crippen molar-refractivity contribution in [3.63, 3.8) is 0 Å². The highest BCUT2D eigenvalue weighted by atomic mass is 35.5. The van der Waals surface area contributed by atoms with Crippen molar-refractivity contribution in [2.75, 3.05) is 25.0 Å². The highest BCUT2D eigenvalue weighted by Gasteiger charge is 2.49. The molecule has 34 heavy (non-hydrogen) atoms. The average molecular weight is 501 g/mol. The fourth-order valence-electron chi connectivity index (χ4n) is 6.15. The normalized spacial score (nSPS) is 35.0. The minimum atomic E-state index is -4.24. The summed E-state index contributed by atoms with van der Waals surface area (Å²) in [6, 6.07) is 5.22. The Morgan fingerprint density at radius 2 is 1.91 bits per heavy atom. The van der Waals surface area contributed by atoms with Gasteiger partial charge in [-0.2, -0.15) is 13.2 Å². The maximum absolute atomic E-state index is 12.8. The zero-order chi connectivity index (χ0) is 23.9. The lowest BCUT2D eigenvalue weighted by molar-refractivity contribution is -0.166. The molecule has 6 nitrogen and oxygen atoms in total. The summed E-state index contributed by atoms with van der Waals surface area (Å²) in [6.45, 7) is 0.890. The molecule has 2 aliphatic heterocycles. The van der Waals surface area contributed by atoms with Crippen LogP contribution < -0.4 is 21.3 Å². The SMILES string of the molecule is O=C(COC1CCC(C(F)(F)F)NC1)NC1C[C@H](NC2CCNc3cc(Cl)ccc32)C2CCC12. The largest absolute Gasteiger partial charge is 0.403 e. The Kier molecular flexibility index (Phi) is 6.99. The predicted octanol–water partition coefficient (Wildman–Crippen LogP) is 3.77. The van der Waals surface area contributed by atoms with Gasteiger partial charge in [-0.15, -0.1) is 0 Å². The molecule has 188 valence electrons. The highest BCUT2D eigenvalue weighted by molar-refractivity contribution is 6.30. The fourth-order valence-corrected chi connectivity index (χ4v) is 6.32. The molecule has 6 unspecified atom stereocenters. The summed E-state index contributed by atoms with van der Waals surface area (Å²) >= 11 is 6.15. The third kappa shape index (κ3) is 5.17. The van der Waals surface area contributed by atoms with Crippen LogP contribution in [0.4, 0.5) is 18.9 Å². The Morgan fingerprint density at radius 3 is 2.62 bits per heavy atom. The van der Waals surface area contributed by atoms with Gasteiger partial charge in [-0.05, 0) is 68.1 Å². The first-order valence-electron chi connectivity index (χ1n) is 12.3. The quantitative estimate of drug-likeness (QED) is 0.478. The van der Waals surface area contributed by atoms with Crippen molar-refractivity contribution < 1.29 is 22.7 Å². The van der Waals surface area contributed by atoms with Gasteiger partial charge in [-0.25, -0.2) is 0 Å². The Labute approximate surface area is 202 Å². The summed E-state index contributed by atoms with van der Waals surface area (Å²) in [5, 5.41) is 13.6. The third-order valence-corrected chi connectivity index (χ3v) is 8.28. The second kappa shape index (κ2) is 9.84. The number of ether oxygens (including phenoxy) is 1. The molecule has 0 aromatic heterocycles. The van der Waals surface area contributed by atoms with E-state index in [0.29, 0.717) is 24.3 Å². The lowest BCUT2D eigenvalue weighted by Gasteiger charge is -2.38. The standard InChI is InChI=1S/C24H32ClF3N4O2/c25-13-1-3-17-18(7-8-29-19(17)9-13)31-20-10-21(16-5-4-15(16)20)32-23(33)12-34-14-2-6-22(30-11-14)24(26,27)28/h1,3,9,14-16,18,20-22,29-31H,2,4-8,10-12H2,(H,32,33)/t14?,15?,16?,18?,20-,21?,22?/m0/s1. The van der Waals surface area contributed by atoms with E-state index in [1.807, 2.05) is 12.1 Å². The van der Waals surface area contributed by atoms with Crippen molar-refractivity contribution in [3.8, 4) is 0 Å². The Bertz CT molecular complexity index is 893. The van der Waals surface area contributed by atoms with E-state index in [1.54, 1.807) is 0 Å². The highest BCUT2D eigenvalue weighted by Crippen LogP contribution is 2.48. The zero-order valence-electron chi connectivity index (χ0n) is 19.0. The zero-order valence-corrected chi connectivity index (χ0v) is 19.7. The molecule has 2 aliphatic carbocycles. The number of benzene rings is 1. The van der Waals surface area contributed by atoms with Gasteiger partial charge in [0.2, 0.25) is 5.91 Å². The molecule has 3 fully saturated rings. The van der Waals surface area contributed by atoms with Crippen LogP contribution in [0.5, 0.6) is 0 Å². The molecule has 1 aromatic rings. The molecule has 4 aliphatic rings. The number of carbonyl (C=O) groups is 1. The number of rotatable bonds is 6. The van der Waals surface area contributed by atoms with E-state index in [0.717, 1.165) is 42.9 Å². The van der Waals surface area contributed by atoms with E-state index in [-0.39, 0.29) is 43.7 Å². The van der Waals surface area contributed by atoms with Gasteiger partial charge >= 0.3 is 6.18 Å². The number of piperidine rings is 1. The smallest absolute Gasteiger partial charge is 0.385 e. The number of amides is 1. The fraction of sp³-hybridized carbons (Fsp3) is 0.708. The number of anilines is 1. The summed E-state index contributed by atoms with van der Waals surface area (Å²) in [5.41, 5.74) is 2.32. The first-order valence-corrected chi connectivity index (χ1v) is 12.7. The molecule has 5 rings (SSSR count). The molecule has 1 amide bonds. The maximum atomic E-state index is 12.8. The molecule has 7 atom stereocenters. The minimum Gasteiger partial charge on any atom is -0.385 e. The van der Waals surface area contributed by atoms with Gasteiger partial charge < -0.3 is 26.0 Å². The van der Waals surface area contributed by atoms with Crippen molar-refractivity contribution >= 4 is 23.2 Å². The van der Waals surface area contributed by atoms with Crippen LogP contribution in [0.25, 0.3) is 0 Å². The summed E-state index contributed by atoms with van der Waals surface area (Å²) in [5.74, 6) is 0.839. The van der Waals surface area contributed by atoms with Gasteiger partial charge in [-0.3, -0.25) is 4.79 Å². The maximum Gasteiger partial charge on any atom is 0.403 e. The lowest BCUT2D eigenvalue weighted by atomic mass is 9.73. The van der Waals surface area contributed by atoms with E-state index in [4.69, 9.17) is 16.3 Å². The molecule has 2 saturated carbocycles. The average Bonchev–Trinajstić information content (AvgIpc) is 2.99. The molecule has 2 heterocycles. The minimum absolute atomic E-state index is 0.0263. The molecule has 0 radical (unpaired) electrons. The first kappa shape index (κ1) is 24.2. The lowest BCUT2D eigenvalue weighted by Crippen LogP contribution is -2.50. The van der Waals surface area contributed by atoms with E-state index in [9.17, 15) is 18.0 Å². The summed E-state index contributed by atoms with van der Waals surface area (Å²) in [6.07, 6.45) is -0.180. The third-order valence-electron chi connectivity index (χ3n) is 8.04. The van der Waals surface area contributed by atoms with Crippen molar-refractivity contribution in [1.82, 2.24) is 16.0 Å². The number of hydrogen-bond acceptors (Lipinski definition) is 5. The van der Waals surface area contributed by atoms with E-state index in [1.165, 1.54) is 5.56 Å². The molecular weight excluding hydrogens is 469 g/mol. The second-order valence-electron chi connectivity index (χ2n) is 10.1. The van der Waals surface area contributed by atoms with Gasteiger partial charge in [0.25, 0.3) is 0 Å². The van der Waals surface area contributed by atoms with E-state index in [2.05, 4.69) is 27.3 Å². The Hall–Kier alpha value is -1.55. The number of carbonyl (C=O) groups excluding carboxylic acids is 1.